The molecule has 2 saturated heterocycles. The molecule has 3 aromatic heterocycles. The Bertz CT molecular complexity index is 1220. The number of hydrogen-bond donors (Lipinski definition) is 2. The van der Waals surface area contributed by atoms with E-state index >= 15 is 0 Å². The molecule has 31 heavy (non-hydrogen) atoms. The Labute approximate surface area is 181 Å². The van der Waals surface area contributed by atoms with E-state index in [4.69, 9.17) is 4.74 Å². The molecule has 2 aliphatic heterocycles. The number of hydrogen-bond acceptors (Lipinski definition) is 5. The maximum absolute atomic E-state index is 6.45. The van der Waals surface area contributed by atoms with Crippen LogP contribution in [0.25, 0.3) is 21.8 Å². The zero-order valence-electron chi connectivity index (χ0n) is 17.7. The average Bonchev–Trinajstić information content (AvgIpc) is 3.09. The number of rotatable bonds is 4. The highest BCUT2D eigenvalue weighted by atomic mass is 16.5. The van der Waals surface area contributed by atoms with Gasteiger partial charge in [-0.1, -0.05) is 12.1 Å². The molecule has 2 unspecified atom stereocenters. The van der Waals surface area contributed by atoms with Gasteiger partial charge in [0, 0.05) is 73.8 Å². The lowest BCUT2D eigenvalue weighted by atomic mass is 9.79. The number of nitrogens with zero attached hydrogens (tertiary/aromatic N) is 3. The van der Waals surface area contributed by atoms with Crippen molar-refractivity contribution in [2.45, 2.75) is 30.4 Å². The lowest BCUT2D eigenvalue weighted by Gasteiger charge is -2.50. The molecule has 0 aliphatic carbocycles. The molecule has 6 nitrogen and oxygen atoms in total. The van der Waals surface area contributed by atoms with Crippen LogP contribution in [0.2, 0.25) is 0 Å². The maximum Gasteiger partial charge on any atom is 0.149 e. The zero-order valence-corrected chi connectivity index (χ0v) is 17.7. The highest BCUT2D eigenvalue weighted by molar-refractivity contribution is 6.07. The Balaban J connectivity index is 1.21. The largest absolute Gasteiger partial charge is 0.483 e. The summed E-state index contributed by atoms with van der Waals surface area (Å²) in [6.07, 6.45) is 9.69. The number of nitrogens with one attached hydrogen (secondary N) is 2. The smallest absolute Gasteiger partial charge is 0.149 e. The van der Waals surface area contributed by atoms with Crippen molar-refractivity contribution in [1.29, 1.82) is 0 Å². The molecular formula is C25H27N5O. The third-order valence-corrected chi connectivity index (χ3v) is 7.17. The van der Waals surface area contributed by atoms with Crippen molar-refractivity contribution in [3.63, 3.8) is 0 Å². The van der Waals surface area contributed by atoms with Crippen LogP contribution in [0.3, 0.4) is 0 Å². The van der Waals surface area contributed by atoms with Crippen molar-refractivity contribution < 1.29 is 4.74 Å². The molecule has 2 atom stereocenters. The maximum atomic E-state index is 6.45. The molecule has 158 valence electrons. The molecule has 5 heterocycles. The summed E-state index contributed by atoms with van der Waals surface area (Å²) in [5.74, 6) is 1.42. The van der Waals surface area contributed by atoms with E-state index < -0.39 is 0 Å². The minimum atomic E-state index is -0.168. The van der Waals surface area contributed by atoms with Crippen LogP contribution in [0.4, 0.5) is 0 Å². The van der Waals surface area contributed by atoms with E-state index in [1.807, 2.05) is 24.5 Å². The van der Waals surface area contributed by atoms with E-state index in [0.29, 0.717) is 12.0 Å². The second kappa shape index (κ2) is 7.32. The van der Waals surface area contributed by atoms with Crippen molar-refractivity contribution in [3.05, 3.63) is 66.7 Å². The van der Waals surface area contributed by atoms with Gasteiger partial charge < -0.3 is 19.9 Å². The summed E-state index contributed by atoms with van der Waals surface area (Å²) in [6, 6.07) is 13.3. The van der Waals surface area contributed by atoms with Crippen LogP contribution in [0.5, 0.6) is 5.75 Å². The van der Waals surface area contributed by atoms with Gasteiger partial charge >= 0.3 is 0 Å². The number of piperidine rings is 1. The van der Waals surface area contributed by atoms with Gasteiger partial charge in [-0.2, -0.15) is 0 Å². The lowest BCUT2D eigenvalue weighted by Crippen LogP contribution is -2.73. The van der Waals surface area contributed by atoms with E-state index in [-0.39, 0.29) is 5.60 Å². The van der Waals surface area contributed by atoms with E-state index in [9.17, 15) is 0 Å². The number of benzene rings is 1. The molecule has 4 aromatic rings. The second-order valence-corrected chi connectivity index (χ2v) is 8.92. The number of aryl methyl sites for hydroxylation is 1. The molecule has 0 saturated carbocycles. The van der Waals surface area contributed by atoms with E-state index in [1.54, 1.807) is 12.4 Å². The van der Waals surface area contributed by atoms with Crippen molar-refractivity contribution in [2.75, 3.05) is 19.6 Å². The fraction of sp³-hybridized carbons (Fsp3) is 0.360. The van der Waals surface area contributed by atoms with E-state index in [1.165, 1.54) is 27.4 Å². The minimum absolute atomic E-state index is 0.168. The summed E-state index contributed by atoms with van der Waals surface area (Å²) in [5, 5.41) is 9.74. The first-order chi connectivity index (χ1) is 15.2. The van der Waals surface area contributed by atoms with Gasteiger partial charge in [0.2, 0.25) is 0 Å². The minimum Gasteiger partial charge on any atom is -0.483 e. The van der Waals surface area contributed by atoms with Crippen LogP contribution in [-0.4, -0.2) is 45.8 Å². The van der Waals surface area contributed by atoms with Crippen LogP contribution in [0, 0.1) is 0 Å². The number of fused-ring (bicyclic) bond motifs is 3. The monoisotopic (exact) mass is 413 g/mol. The number of aromatic nitrogens is 3. The summed E-state index contributed by atoms with van der Waals surface area (Å²) < 4.78 is 8.74. The fourth-order valence-corrected chi connectivity index (χ4v) is 5.32. The molecule has 2 N–H and O–H groups in total. The lowest BCUT2D eigenvalue weighted by molar-refractivity contribution is -0.0276. The van der Waals surface area contributed by atoms with E-state index in [2.05, 4.69) is 56.5 Å². The van der Waals surface area contributed by atoms with Crippen LogP contribution in [0.1, 0.15) is 24.3 Å². The Kier molecular flexibility index (Phi) is 4.44. The van der Waals surface area contributed by atoms with Crippen LogP contribution >= 0.6 is 0 Å². The molecule has 0 amide bonds. The third kappa shape index (κ3) is 3.09. The summed E-state index contributed by atoms with van der Waals surface area (Å²) >= 11 is 0. The molecular weight excluding hydrogens is 386 g/mol. The Morgan fingerprint density at radius 1 is 0.968 bits per heavy atom. The van der Waals surface area contributed by atoms with Gasteiger partial charge in [-0.15, -0.1) is 0 Å². The normalized spacial score (nSPS) is 23.0. The first-order valence-corrected chi connectivity index (χ1v) is 11.1. The number of ether oxygens (including phenoxy) is 1. The average molecular weight is 414 g/mol. The molecule has 0 bridgehead atoms. The van der Waals surface area contributed by atoms with Gasteiger partial charge in [0.1, 0.15) is 11.4 Å². The molecule has 6 heteroatoms. The van der Waals surface area contributed by atoms with Gasteiger partial charge in [-0.05, 0) is 48.6 Å². The van der Waals surface area contributed by atoms with Crippen LogP contribution < -0.4 is 15.4 Å². The van der Waals surface area contributed by atoms with E-state index in [0.717, 1.165) is 38.2 Å². The van der Waals surface area contributed by atoms with Crippen molar-refractivity contribution in [3.8, 4) is 5.75 Å². The van der Waals surface area contributed by atoms with Gasteiger partial charge in [0.15, 0.2) is 0 Å². The van der Waals surface area contributed by atoms with Gasteiger partial charge in [-0.25, -0.2) is 0 Å². The summed E-state index contributed by atoms with van der Waals surface area (Å²) in [5.41, 5.74) is 3.76. The summed E-state index contributed by atoms with van der Waals surface area (Å²) in [6.45, 7) is 2.74. The van der Waals surface area contributed by atoms with Crippen LogP contribution in [-0.2, 0) is 7.05 Å². The summed E-state index contributed by atoms with van der Waals surface area (Å²) in [4.78, 5) is 8.42. The Morgan fingerprint density at radius 2 is 1.81 bits per heavy atom. The molecule has 2 aliphatic rings. The second-order valence-electron chi connectivity index (χ2n) is 8.92. The third-order valence-electron chi connectivity index (χ3n) is 7.17. The quantitative estimate of drug-likeness (QED) is 0.537. The Hall–Kier alpha value is -2.96. The van der Waals surface area contributed by atoms with Gasteiger partial charge in [0.25, 0.3) is 0 Å². The molecule has 0 radical (unpaired) electrons. The van der Waals surface area contributed by atoms with Crippen LogP contribution in [0.15, 0.2) is 61.2 Å². The first kappa shape index (κ1) is 18.8. The highest BCUT2D eigenvalue weighted by Gasteiger charge is 2.47. The van der Waals surface area contributed by atoms with Crippen molar-refractivity contribution in [2.24, 2.45) is 7.05 Å². The first-order valence-electron chi connectivity index (χ1n) is 11.1. The SMILES string of the molecule is Cn1c2ccncc2c2ccc(C3CCC(C4(Oc5ccncc5)CNC4)NC3)cc21. The fourth-order valence-electron chi connectivity index (χ4n) is 5.32. The van der Waals surface area contributed by atoms with Crippen molar-refractivity contribution >= 4 is 21.8 Å². The Morgan fingerprint density at radius 3 is 2.55 bits per heavy atom. The molecule has 1 aromatic carbocycles. The number of pyridine rings is 2. The molecule has 0 spiro atoms. The predicted octanol–water partition coefficient (Wildman–Crippen LogP) is 3.38. The predicted molar refractivity (Wildman–Crippen MR) is 122 cm³/mol. The van der Waals surface area contributed by atoms with Gasteiger partial charge in [0.05, 0.1) is 5.52 Å². The zero-order chi connectivity index (χ0) is 20.8. The molecule has 2 fully saturated rings. The summed E-state index contributed by atoms with van der Waals surface area (Å²) in [7, 11) is 2.15. The molecule has 6 rings (SSSR count). The highest BCUT2D eigenvalue weighted by Crippen LogP contribution is 2.35. The van der Waals surface area contributed by atoms with Crippen molar-refractivity contribution in [1.82, 2.24) is 25.2 Å². The topological polar surface area (TPSA) is 64.0 Å². The standard InChI is InChI=1S/C25H27N5O/c1-30-22-8-11-27-14-21(22)20-4-2-17(12-23(20)30)18-3-5-24(29-13-18)25(15-28-16-25)31-19-6-9-26-10-7-19/h2,4,6-12,14,18,24,28-29H,3,5,13,15-16H2,1H3. The van der Waals surface area contributed by atoms with Gasteiger partial charge in [-0.3, -0.25) is 9.97 Å².